The summed E-state index contributed by atoms with van der Waals surface area (Å²) in [6.07, 6.45) is 0. The molecular formula is C19H19ClN2. The van der Waals surface area contributed by atoms with Crippen LogP contribution in [0.3, 0.4) is 0 Å². The normalized spacial score (nSPS) is 15.2. The van der Waals surface area contributed by atoms with Crippen molar-refractivity contribution in [2.45, 2.75) is 0 Å². The lowest BCUT2D eigenvalue weighted by atomic mass is 10.2. The average Bonchev–Trinajstić information content (AvgIpc) is 2.57. The van der Waals surface area contributed by atoms with Crippen molar-refractivity contribution >= 4 is 17.3 Å². The van der Waals surface area contributed by atoms with Crippen molar-refractivity contribution in [2.75, 3.05) is 37.6 Å². The third-order valence-corrected chi connectivity index (χ3v) is 4.19. The van der Waals surface area contributed by atoms with Crippen LogP contribution in [0.4, 0.5) is 5.69 Å². The molecule has 1 aliphatic heterocycles. The molecule has 2 aromatic rings. The van der Waals surface area contributed by atoms with Gasteiger partial charge in [-0.3, -0.25) is 4.90 Å². The summed E-state index contributed by atoms with van der Waals surface area (Å²) in [5, 5.41) is 0.833. The molecule has 1 heterocycles. The Morgan fingerprint density at radius 3 is 2.27 bits per heavy atom. The summed E-state index contributed by atoms with van der Waals surface area (Å²) in [7, 11) is 0. The number of hydrogen-bond donors (Lipinski definition) is 0. The number of hydrogen-bond acceptors (Lipinski definition) is 2. The largest absolute Gasteiger partial charge is 0.368 e. The van der Waals surface area contributed by atoms with Crippen LogP contribution in [0.15, 0.2) is 54.6 Å². The standard InChI is InChI=1S/C19H19ClN2/c20-18-10-4-5-11-19(18)22-15-13-21(14-16-22)12-6-9-17-7-2-1-3-8-17/h1-5,7-8,10-11H,12-16H2. The molecule has 0 aliphatic carbocycles. The minimum Gasteiger partial charge on any atom is -0.368 e. The van der Waals surface area contributed by atoms with Crippen molar-refractivity contribution in [1.29, 1.82) is 0 Å². The van der Waals surface area contributed by atoms with Gasteiger partial charge in [0.15, 0.2) is 0 Å². The van der Waals surface area contributed by atoms with Crippen molar-refractivity contribution in [3.05, 3.63) is 65.2 Å². The topological polar surface area (TPSA) is 6.48 Å². The van der Waals surface area contributed by atoms with Gasteiger partial charge in [-0.2, -0.15) is 0 Å². The molecular weight excluding hydrogens is 292 g/mol. The quantitative estimate of drug-likeness (QED) is 0.783. The van der Waals surface area contributed by atoms with Gasteiger partial charge in [-0.25, -0.2) is 0 Å². The average molecular weight is 311 g/mol. The number of para-hydroxylation sites is 1. The molecule has 0 amide bonds. The summed E-state index contributed by atoms with van der Waals surface area (Å²) in [5.41, 5.74) is 2.22. The smallest absolute Gasteiger partial charge is 0.0639 e. The summed E-state index contributed by atoms with van der Waals surface area (Å²) in [6, 6.07) is 18.2. The highest BCUT2D eigenvalue weighted by molar-refractivity contribution is 6.33. The van der Waals surface area contributed by atoms with Gasteiger partial charge in [-0.05, 0) is 24.3 Å². The van der Waals surface area contributed by atoms with Gasteiger partial charge in [0, 0.05) is 31.7 Å². The molecule has 0 unspecified atom stereocenters. The van der Waals surface area contributed by atoms with Gasteiger partial charge < -0.3 is 4.90 Å². The van der Waals surface area contributed by atoms with E-state index in [-0.39, 0.29) is 0 Å². The van der Waals surface area contributed by atoms with Gasteiger partial charge >= 0.3 is 0 Å². The minimum absolute atomic E-state index is 0.825. The Morgan fingerprint density at radius 2 is 1.55 bits per heavy atom. The number of benzene rings is 2. The monoisotopic (exact) mass is 310 g/mol. The first-order valence-corrected chi connectivity index (χ1v) is 7.96. The van der Waals surface area contributed by atoms with Gasteiger partial charge in [0.2, 0.25) is 0 Å². The predicted octanol–water partition coefficient (Wildman–Crippen LogP) is 3.51. The Morgan fingerprint density at radius 1 is 0.864 bits per heavy atom. The van der Waals surface area contributed by atoms with E-state index in [0.717, 1.165) is 49.0 Å². The predicted molar refractivity (Wildman–Crippen MR) is 93.4 cm³/mol. The maximum Gasteiger partial charge on any atom is 0.0639 e. The van der Waals surface area contributed by atoms with Crippen LogP contribution >= 0.6 is 11.6 Å². The Hall–Kier alpha value is -1.95. The maximum absolute atomic E-state index is 6.27. The fourth-order valence-corrected chi connectivity index (χ4v) is 2.89. The van der Waals surface area contributed by atoms with Crippen LogP contribution < -0.4 is 4.90 Å². The number of rotatable bonds is 2. The van der Waals surface area contributed by atoms with E-state index in [2.05, 4.69) is 27.7 Å². The molecule has 112 valence electrons. The molecule has 0 spiro atoms. The molecule has 1 fully saturated rings. The highest BCUT2D eigenvalue weighted by Gasteiger charge is 2.17. The van der Waals surface area contributed by atoms with Gasteiger partial charge in [0.05, 0.1) is 17.3 Å². The van der Waals surface area contributed by atoms with Crippen LogP contribution in [-0.4, -0.2) is 37.6 Å². The molecule has 1 saturated heterocycles. The summed E-state index contributed by atoms with van der Waals surface area (Å²) >= 11 is 6.27. The molecule has 0 aromatic heterocycles. The summed E-state index contributed by atoms with van der Waals surface area (Å²) in [6.45, 7) is 4.86. The van der Waals surface area contributed by atoms with Crippen LogP contribution in [0.5, 0.6) is 0 Å². The lowest BCUT2D eigenvalue weighted by molar-refractivity contribution is 0.288. The van der Waals surface area contributed by atoms with E-state index in [1.54, 1.807) is 0 Å². The van der Waals surface area contributed by atoms with E-state index in [9.17, 15) is 0 Å². The highest BCUT2D eigenvalue weighted by atomic mass is 35.5. The second-order valence-electron chi connectivity index (χ2n) is 5.38. The fraction of sp³-hybridized carbons (Fsp3) is 0.263. The lowest BCUT2D eigenvalue weighted by Gasteiger charge is -2.35. The molecule has 1 aliphatic rings. The van der Waals surface area contributed by atoms with Crippen LogP contribution in [0.25, 0.3) is 0 Å². The lowest BCUT2D eigenvalue weighted by Crippen LogP contribution is -2.46. The van der Waals surface area contributed by atoms with Crippen molar-refractivity contribution in [2.24, 2.45) is 0 Å². The Balaban J connectivity index is 1.52. The molecule has 0 N–H and O–H groups in total. The molecule has 3 rings (SSSR count). The number of halogens is 1. The maximum atomic E-state index is 6.27. The number of anilines is 1. The molecule has 0 saturated carbocycles. The molecule has 0 atom stereocenters. The Labute approximate surface area is 137 Å². The van der Waals surface area contributed by atoms with E-state index >= 15 is 0 Å². The zero-order chi connectivity index (χ0) is 15.2. The Kier molecular flexibility index (Phi) is 5.00. The van der Waals surface area contributed by atoms with Crippen LogP contribution in [0.1, 0.15) is 5.56 Å². The van der Waals surface area contributed by atoms with E-state index < -0.39 is 0 Å². The zero-order valence-electron chi connectivity index (χ0n) is 12.5. The first-order valence-electron chi connectivity index (χ1n) is 7.59. The highest BCUT2D eigenvalue weighted by Crippen LogP contribution is 2.25. The molecule has 0 radical (unpaired) electrons. The van der Waals surface area contributed by atoms with Crippen LogP contribution in [0, 0.1) is 11.8 Å². The SMILES string of the molecule is Clc1ccccc1N1CCN(CC#Cc2ccccc2)CC1. The third-order valence-electron chi connectivity index (χ3n) is 3.87. The molecule has 3 heteroatoms. The van der Waals surface area contributed by atoms with Crippen molar-refractivity contribution < 1.29 is 0 Å². The molecule has 2 aromatic carbocycles. The van der Waals surface area contributed by atoms with Crippen LogP contribution in [0.2, 0.25) is 5.02 Å². The first-order chi connectivity index (χ1) is 10.8. The van der Waals surface area contributed by atoms with Gasteiger partial charge in [-0.15, -0.1) is 0 Å². The first kappa shape index (κ1) is 15.0. The zero-order valence-corrected chi connectivity index (χ0v) is 13.3. The van der Waals surface area contributed by atoms with Crippen LogP contribution in [-0.2, 0) is 0 Å². The Bertz CT molecular complexity index is 665. The second kappa shape index (κ2) is 7.35. The van der Waals surface area contributed by atoms with E-state index in [1.807, 2.05) is 48.5 Å². The summed E-state index contributed by atoms with van der Waals surface area (Å²) in [5.74, 6) is 6.49. The molecule has 22 heavy (non-hydrogen) atoms. The number of piperazine rings is 1. The molecule has 2 nitrogen and oxygen atoms in total. The van der Waals surface area contributed by atoms with Gasteiger partial charge in [-0.1, -0.05) is 53.8 Å². The second-order valence-corrected chi connectivity index (χ2v) is 5.79. The minimum atomic E-state index is 0.825. The summed E-state index contributed by atoms with van der Waals surface area (Å²) < 4.78 is 0. The van der Waals surface area contributed by atoms with E-state index in [0.29, 0.717) is 0 Å². The van der Waals surface area contributed by atoms with Crippen molar-refractivity contribution in [3.8, 4) is 11.8 Å². The van der Waals surface area contributed by atoms with E-state index in [1.165, 1.54) is 0 Å². The van der Waals surface area contributed by atoms with Crippen molar-refractivity contribution in [1.82, 2.24) is 4.90 Å². The van der Waals surface area contributed by atoms with Crippen molar-refractivity contribution in [3.63, 3.8) is 0 Å². The van der Waals surface area contributed by atoms with Gasteiger partial charge in [0.1, 0.15) is 0 Å². The van der Waals surface area contributed by atoms with E-state index in [4.69, 9.17) is 11.6 Å². The van der Waals surface area contributed by atoms with Gasteiger partial charge in [0.25, 0.3) is 0 Å². The summed E-state index contributed by atoms with van der Waals surface area (Å²) in [4.78, 5) is 4.74. The number of nitrogens with zero attached hydrogens (tertiary/aromatic N) is 2. The fourth-order valence-electron chi connectivity index (χ4n) is 2.63. The third kappa shape index (κ3) is 3.82. The molecule has 0 bridgehead atoms.